The maximum absolute atomic E-state index is 3.54. The fourth-order valence-electron chi connectivity index (χ4n) is 1.95. The van der Waals surface area contributed by atoms with E-state index in [1.165, 1.54) is 63.1 Å². The molecule has 0 fully saturated rings. The second-order valence-electron chi connectivity index (χ2n) is 4.16. The number of hydrogen-bond acceptors (Lipinski definition) is 2. The van der Waals surface area contributed by atoms with Gasteiger partial charge in [0.2, 0.25) is 0 Å². The van der Waals surface area contributed by atoms with Crippen molar-refractivity contribution in [3.05, 3.63) is 11.6 Å². The molecule has 2 heteroatoms. The third-order valence-corrected chi connectivity index (χ3v) is 3.84. The van der Waals surface area contributed by atoms with Crippen LogP contribution >= 0.6 is 11.8 Å². The van der Waals surface area contributed by atoms with Crippen LogP contribution in [0.2, 0.25) is 0 Å². The lowest BCUT2D eigenvalue weighted by molar-refractivity contribution is 0.629. The third-order valence-electron chi connectivity index (χ3n) is 2.85. The Morgan fingerprint density at radius 3 is 3.00 bits per heavy atom. The lowest BCUT2D eigenvalue weighted by atomic mass is 9.97. The van der Waals surface area contributed by atoms with Crippen LogP contribution in [-0.4, -0.2) is 24.6 Å². The molecule has 0 spiro atoms. The van der Waals surface area contributed by atoms with Crippen molar-refractivity contribution in [2.75, 3.05) is 24.6 Å². The minimum atomic E-state index is 1.18. The predicted octanol–water partition coefficient (Wildman–Crippen LogP) is 3.61. The van der Waals surface area contributed by atoms with Gasteiger partial charge in [0.05, 0.1) is 0 Å². The molecule has 0 amide bonds. The van der Waals surface area contributed by atoms with E-state index in [0.717, 1.165) is 0 Å². The van der Waals surface area contributed by atoms with Crippen LogP contribution in [0.25, 0.3) is 0 Å². The summed E-state index contributed by atoms with van der Waals surface area (Å²) in [6.07, 6.45) is 10.6. The van der Waals surface area contributed by atoms with E-state index in [2.05, 4.69) is 18.3 Å². The summed E-state index contributed by atoms with van der Waals surface area (Å²) in [6.45, 7) is 4.61. The van der Waals surface area contributed by atoms with Crippen LogP contribution in [0, 0.1) is 0 Å². The monoisotopic (exact) mass is 227 g/mol. The van der Waals surface area contributed by atoms with Crippen molar-refractivity contribution in [2.24, 2.45) is 0 Å². The maximum atomic E-state index is 3.54. The van der Waals surface area contributed by atoms with E-state index in [9.17, 15) is 0 Å². The Bertz CT molecular complexity index is 177. The largest absolute Gasteiger partial charge is 0.316 e. The van der Waals surface area contributed by atoms with Gasteiger partial charge in [0.1, 0.15) is 0 Å². The highest BCUT2D eigenvalue weighted by Gasteiger charge is 2.02. The molecule has 88 valence electrons. The van der Waals surface area contributed by atoms with Gasteiger partial charge in [0, 0.05) is 0 Å². The van der Waals surface area contributed by atoms with E-state index < -0.39 is 0 Å². The Kier molecular flexibility index (Phi) is 8.12. The van der Waals surface area contributed by atoms with Crippen molar-refractivity contribution in [1.29, 1.82) is 0 Å². The van der Waals surface area contributed by atoms with Gasteiger partial charge in [0.25, 0.3) is 0 Å². The number of hydrogen-bond donors (Lipinski definition) is 1. The van der Waals surface area contributed by atoms with E-state index in [0.29, 0.717) is 0 Å². The van der Waals surface area contributed by atoms with Gasteiger partial charge in [-0.3, -0.25) is 0 Å². The zero-order chi connectivity index (χ0) is 10.8. The van der Waals surface area contributed by atoms with Crippen molar-refractivity contribution in [3.63, 3.8) is 0 Å². The molecule has 0 saturated heterocycles. The summed E-state index contributed by atoms with van der Waals surface area (Å²) in [5, 5.41) is 3.54. The molecule has 0 atom stereocenters. The summed E-state index contributed by atoms with van der Waals surface area (Å²) < 4.78 is 0. The van der Waals surface area contributed by atoms with Crippen molar-refractivity contribution < 1.29 is 0 Å². The normalized spacial score (nSPS) is 16.5. The molecule has 0 bridgehead atoms. The first-order valence-corrected chi connectivity index (χ1v) is 7.55. The fraction of sp³-hybridized carbons (Fsp3) is 0.846. The third kappa shape index (κ3) is 7.02. The van der Waals surface area contributed by atoms with Crippen molar-refractivity contribution in [3.8, 4) is 0 Å². The van der Waals surface area contributed by atoms with E-state index in [4.69, 9.17) is 0 Å². The molecule has 0 aliphatic heterocycles. The Morgan fingerprint density at radius 1 is 1.33 bits per heavy atom. The SMILES string of the molecule is CCSCCCNCCC1=CCCCC1. The number of thioether (sulfide) groups is 1. The molecule has 0 radical (unpaired) electrons. The smallest absolute Gasteiger partial charge is 0.00116 e. The molecule has 1 aliphatic carbocycles. The number of rotatable bonds is 8. The second-order valence-corrected chi connectivity index (χ2v) is 5.55. The van der Waals surface area contributed by atoms with Gasteiger partial charge in [-0.25, -0.2) is 0 Å². The molecule has 0 heterocycles. The van der Waals surface area contributed by atoms with Crippen LogP contribution < -0.4 is 5.32 Å². The topological polar surface area (TPSA) is 12.0 Å². The summed E-state index contributed by atoms with van der Waals surface area (Å²) >= 11 is 2.04. The van der Waals surface area contributed by atoms with Crippen LogP contribution in [0.4, 0.5) is 0 Å². The Morgan fingerprint density at radius 2 is 2.27 bits per heavy atom. The molecule has 1 N–H and O–H groups in total. The molecule has 1 nitrogen and oxygen atoms in total. The predicted molar refractivity (Wildman–Crippen MR) is 71.7 cm³/mol. The molecule has 0 saturated carbocycles. The quantitative estimate of drug-likeness (QED) is 0.502. The molecule has 1 aliphatic rings. The Balaban J connectivity index is 1.86. The van der Waals surface area contributed by atoms with E-state index in [-0.39, 0.29) is 0 Å². The van der Waals surface area contributed by atoms with Crippen LogP contribution in [0.1, 0.15) is 45.4 Å². The lowest BCUT2D eigenvalue weighted by Crippen LogP contribution is -2.18. The number of allylic oxidation sites excluding steroid dienone is 1. The standard InChI is InChI=1S/C13H25NS/c1-2-15-12-6-10-14-11-9-13-7-4-3-5-8-13/h7,14H,2-6,8-12H2,1H3. The van der Waals surface area contributed by atoms with Gasteiger partial charge in [-0.2, -0.15) is 11.8 Å². The minimum Gasteiger partial charge on any atom is -0.316 e. The van der Waals surface area contributed by atoms with Crippen LogP contribution in [0.15, 0.2) is 11.6 Å². The highest BCUT2D eigenvalue weighted by atomic mass is 32.2. The molecule has 15 heavy (non-hydrogen) atoms. The zero-order valence-electron chi connectivity index (χ0n) is 10.1. The summed E-state index contributed by atoms with van der Waals surface area (Å²) in [5.74, 6) is 2.57. The second kappa shape index (κ2) is 9.29. The van der Waals surface area contributed by atoms with Gasteiger partial charge in [-0.15, -0.1) is 0 Å². The van der Waals surface area contributed by atoms with Gasteiger partial charge in [-0.1, -0.05) is 18.6 Å². The molecule has 0 aromatic rings. The van der Waals surface area contributed by atoms with Crippen molar-refractivity contribution in [2.45, 2.75) is 45.4 Å². The van der Waals surface area contributed by atoms with Crippen LogP contribution in [0.3, 0.4) is 0 Å². The zero-order valence-corrected chi connectivity index (χ0v) is 10.9. The van der Waals surface area contributed by atoms with Crippen molar-refractivity contribution >= 4 is 11.8 Å². The number of nitrogens with one attached hydrogen (secondary N) is 1. The maximum Gasteiger partial charge on any atom is -0.00116 e. The molecule has 0 aromatic heterocycles. The van der Waals surface area contributed by atoms with Gasteiger partial charge in [-0.05, 0) is 63.1 Å². The molecular formula is C13H25NS. The average Bonchev–Trinajstić information content (AvgIpc) is 2.29. The van der Waals surface area contributed by atoms with Gasteiger partial charge < -0.3 is 5.32 Å². The van der Waals surface area contributed by atoms with Crippen LogP contribution in [0.5, 0.6) is 0 Å². The molecule has 0 aromatic carbocycles. The fourth-order valence-corrected chi connectivity index (χ4v) is 2.59. The van der Waals surface area contributed by atoms with Crippen molar-refractivity contribution in [1.82, 2.24) is 5.32 Å². The first-order chi connectivity index (χ1) is 7.43. The average molecular weight is 227 g/mol. The van der Waals surface area contributed by atoms with E-state index in [1.807, 2.05) is 11.8 Å². The molecule has 1 rings (SSSR count). The van der Waals surface area contributed by atoms with E-state index in [1.54, 1.807) is 5.57 Å². The summed E-state index contributed by atoms with van der Waals surface area (Å²) in [6, 6.07) is 0. The minimum absolute atomic E-state index is 1.18. The first-order valence-electron chi connectivity index (χ1n) is 6.40. The van der Waals surface area contributed by atoms with E-state index >= 15 is 0 Å². The van der Waals surface area contributed by atoms with Gasteiger partial charge >= 0.3 is 0 Å². The Hall–Kier alpha value is 0.0500. The first kappa shape index (κ1) is 13.1. The summed E-state index contributed by atoms with van der Waals surface area (Å²) in [5.41, 5.74) is 1.69. The summed E-state index contributed by atoms with van der Waals surface area (Å²) in [7, 11) is 0. The summed E-state index contributed by atoms with van der Waals surface area (Å²) in [4.78, 5) is 0. The lowest BCUT2D eigenvalue weighted by Gasteiger charge is -2.12. The van der Waals surface area contributed by atoms with Crippen LogP contribution in [-0.2, 0) is 0 Å². The highest BCUT2D eigenvalue weighted by Crippen LogP contribution is 2.19. The Labute approximate surface area is 99.1 Å². The molecule has 0 unspecified atom stereocenters. The molecular weight excluding hydrogens is 202 g/mol. The van der Waals surface area contributed by atoms with Gasteiger partial charge in [0.15, 0.2) is 0 Å². The highest BCUT2D eigenvalue weighted by molar-refractivity contribution is 7.99.